The van der Waals surface area contributed by atoms with Gasteiger partial charge in [0.05, 0.1) is 5.69 Å². The van der Waals surface area contributed by atoms with Crippen LogP contribution in [-0.4, -0.2) is 17.4 Å². The third-order valence-electron chi connectivity index (χ3n) is 3.29. The van der Waals surface area contributed by atoms with Crippen LogP contribution in [0.1, 0.15) is 36.1 Å². The number of amides is 1. The topological polar surface area (TPSA) is 42.0 Å². The van der Waals surface area contributed by atoms with Crippen molar-refractivity contribution < 1.29 is 4.79 Å². The Bertz CT molecular complexity index is 566. The van der Waals surface area contributed by atoms with Crippen LogP contribution in [0.3, 0.4) is 0 Å². The molecule has 3 heteroatoms. The summed E-state index contributed by atoms with van der Waals surface area (Å²) in [4.78, 5) is 16.9. The zero-order valence-electron chi connectivity index (χ0n) is 12.0. The number of aryl methyl sites for hydroxylation is 1. The van der Waals surface area contributed by atoms with Crippen molar-refractivity contribution in [2.75, 3.05) is 6.54 Å². The number of benzene rings is 1. The van der Waals surface area contributed by atoms with Crippen molar-refractivity contribution in [3.8, 4) is 0 Å². The van der Waals surface area contributed by atoms with Crippen LogP contribution in [0.15, 0.2) is 48.7 Å². The van der Waals surface area contributed by atoms with Gasteiger partial charge in [0, 0.05) is 12.7 Å². The lowest BCUT2D eigenvalue weighted by Crippen LogP contribution is -2.31. The molecular formula is C17H20N2O. The molecule has 0 bridgehead atoms. The first-order valence-electron chi connectivity index (χ1n) is 6.98. The Hall–Kier alpha value is -2.16. The Balaban J connectivity index is 2.40. The van der Waals surface area contributed by atoms with Crippen molar-refractivity contribution in [2.45, 2.75) is 26.2 Å². The van der Waals surface area contributed by atoms with Crippen molar-refractivity contribution in [2.24, 2.45) is 0 Å². The summed E-state index contributed by atoms with van der Waals surface area (Å²) in [5.74, 6) is -0.330. The van der Waals surface area contributed by atoms with Gasteiger partial charge >= 0.3 is 0 Å². The third-order valence-corrected chi connectivity index (χ3v) is 3.29. The number of aromatic nitrogens is 1. The van der Waals surface area contributed by atoms with Gasteiger partial charge in [0.15, 0.2) is 0 Å². The zero-order chi connectivity index (χ0) is 14.4. The van der Waals surface area contributed by atoms with Crippen molar-refractivity contribution in [3.05, 3.63) is 65.5 Å². The maximum atomic E-state index is 12.5. The van der Waals surface area contributed by atoms with Gasteiger partial charge in [-0.05, 0) is 36.6 Å². The molecule has 20 heavy (non-hydrogen) atoms. The van der Waals surface area contributed by atoms with Crippen LogP contribution in [0.5, 0.6) is 0 Å². The largest absolute Gasteiger partial charge is 0.355 e. The van der Waals surface area contributed by atoms with Crippen LogP contribution in [0.4, 0.5) is 0 Å². The van der Waals surface area contributed by atoms with Gasteiger partial charge in [0.25, 0.3) is 0 Å². The molecule has 2 aromatic rings. The molecule has 0 saturated heterocycles. The molecule has 0 saturated carbocycles. The molecule has 0 spiro atoms. The van der Waals surface area contributed by atoms with Gasteiger partial charge in [0.1, 0.15) is 5.92 Å². The molecule has 0 aliphatic heterocycles. The van der Waals surface area contributed by atoms with Crippen LogP contribution in [0.2, 0.25) is 0 Å². The lowest BCUT2D eigenvalue weighted by atomic mass is 9.91. The van der Waals surface area contributed by atoms with Crippen molar-refractivity contribution in [1.82, 2.24) is 10.3 Å². The molecule has 0 aliphatic carbocycles. The minimum Gasteiger partial charge on any atom is -0.355 e. The number of pyridine rings is 1. The summed E-state index contributed by atoms with van der Waals surface area (Å²) in [6, 6.07) is 13.7. The van der Waals surface area contributed by atoms with E-state index in [1.165, 1.54) is 0 Å². The number of hydrogen-bond donors (Lipinski definition) is 1. The van der Waals surface area contributed by atoms with Crippen LogP contribution in [-0.2, 0) is 4.79 Å². The van der Waals surface area contributed by atoms with Crippen LogP contribution < -0.4 is 5.32 Å². The fourth-order valence-electron chi connectivity index (χ4n) is 2.24. The van der Waals surface area contributed by atoms with E-state index in [1.807, 2.05) is 56.3 Å². The minimum absolute atomic E-state index is 0.0138. The number of nitrogens with one attached hydrogen (secondary N) is 1. The number of nitrogens with zero attached hydrogens (tertiary/aromatic N) is 1. The van der Waals surface area contributed by atoms with Crippen molar-refractivity contribution >= 4 is 5.91 Å². The number of hydrogen-bond acceptors (Lipinski definition) is 2. The first kappa shape index (κ1) is 14.3. The minimum atomic E-state index is -0.344. The van der Waals surface area contributed by atoms with E-state index in [9.17, 15) is 4.79 Å². The summed E-state index contributed by atoms with van der Waals surface area (Å²) in [6.45, 7) is 4.76. The summed E-state index contributed by atoms with van der Waals surface area (Å²) in [5.41, 5.74) is 2.91. The van der Waals surface area contributed by atoms with Gasteiger partial charge < -0.3 is 5.32 Å². The molecule has 2 rings (SSSR count). The maximum absolute atomic E-state index is 12.5. The summed E-state index contributed by atoms with van der Waals surface area (Å²) >= 11 is 0. The van der Waals surface area contributed by atoms with E-state index >= 15 is 0 Å². The monoisotopic (exact) mass is 268 g/mol. The number of rotatable bonds is 5. The van der Waals surface area contributed by atoms with Crippen molar-refractivity contribution in [1.29, 1.82) is 0 Å². The first-order valence-corrected chi connectivity index (χ1v) is 6.98. The third kappa shape index (κ3) is 3.23. The maximum Gasteiger partial charge on any atom is 0.233 e. The smallest absolute Gasteiger partial charge is 0.233 e. The van der Waals surface area contributed by atoms with E-state index in [-0.39, 0.29) is 11.8 Å². The molecule has 1 aromatic carbocycles. The summed E-state index contributed by atoms with van der Waals surface area (Å²) in [6.07, 6.45) is 2.65. The van der Waals surface area contributed by atoms with Crippen LogP contribution in [0, 0.1) is 6.92 Å². The highest BCUT2D eigenvalue weighted by Crippen LogP contribution is 2.25. The second kappa shape index (κ2) is 6.85. The average Bonchev–Trinajstić information content (AvgIpc) is 2.48. The molecular weight excluding hydrogens is 248 g/mol. The Morgan fingerprint density at radius 2 is 1.95 bits per heavy atom. The Morgan fingerprint density at radius 3 is 2.60 bits per heavy atom. The molecule has 1 heterocycles. The summed E-state index contributed by atoms with van der Waals surface area (Å²) in [7, 11) is 0. The van der Waals surface area contributed by atoms with Crippen LogP contribution in [0.25, 0.3) is 0 Å². The summed E-state index contributed by atoms with van der Waals surface area (Å²) < 4.78 is 0. The standard InChI is InChI=1S/C17H20N2O/c1-3-11-19-17(20)16(15-10-6-7-12-18-15)14-9-5-4-8-13(14)2/h4-10,12,16H,3,11H2,1-2H3,(H,19,20). The highest BCUT2D eigenvalue weighted by Gasteiger charge is 2.24. The Kier molecular flexibility index (Phi) is 4.88. The molecule has 1 N–H and O–H groups in total. The van der Waals surface area contributed by atoms with E-state index in [4.69, 9.17) is 0 Å². The molecule has 1 aromatic heterocycles. The number of carbonyl (C=O) groups is 1. The lowest BCUT2D eigenvalue weighted by Gasteiger charge is -2.18. The molecule has 0 aliphatic rings. The van der Waals surface area contributed by atoms with E-state index < -0.39 is 0 Å². The molecule has 1 unspecified atom stereocenters. The highest BCUT2D eigenvalue weighted by atomic mass is 16.1. The Morgan fingerprint density at radius 1 is 1.20 bits per heavy atom. The second-order valence-electron chi connectivity index (χ2n) is 4.84. The second-order valence-corrected chi connectivity index (χ2v) is 4.84. The normalized spacial score (nSPS) is 11.9. The molecule has 1 atom stereocenters. The Labute approximate surface area is 120 Å². The van der Waals surface area contributed by atoms with Crippen LogP contribution >= 0.6 is 0 Å². The SMILES string of the molecule is CCCNC(=O)C(c1ccccn1)c1ccccc1C. The predicted molar refractivity (Wildman–Crippen MR) is 80.6 cm³/mol. The molecule has 0 radical (unpaired) electrons. The lowest BCUT2D eigenvalue weighted by molar-refractivity contribution is -0.121. The molecule has 104 valence electrons. The fraction of sp³-hybridized carbons (Fsp3) is 0.294. The van der Waals surface area contributed by atoms with Gasteiger partial charge in [0.2, 0.25) is 5.91 Å². The van der Waals surface area contributed by atoms with E-state index in [0.29, 0.717) is 6.54 Å². The first-order chi connectivity index (χ1) is 9.74. The number of carbonyl (C=O) groups excluding carboxylic acids is 1. The zero-order valence-corrected chi connectivity index (χ0v) is 12.0. The molecule has 3 nitrogen and oxygen atoms in total. The van der Waals surface area contributed by atoms with Gasteiger partial charge in [-0.25, -0.2) is 0 Å². The van der Waals surface area contributed by atoms with Gasteiger partial charge in [-0.15, -0.1) is 0 Å². The fourth-order valence-corrected chi connectivity index (χ4v) is 2.24. The van der Waals surface area contributed by atoms with Gasteiger partial charge in [-0.2, -0.15) is 0 Å². The van der Waals surface area contributed by atoms with E-state index in [0.717, 1.165) is 23.2 Å². The molecule has 0 fully saturated rings. The van der Waals surface area contributed by atoms with Gasteiger partial charge in [-0.1, -0.05) is 37.3 Å². The average molecular weight is 268 g/mol. The van der Waals surface area contributed by atoms with Gasteiger partial charge in [-0.3, -0.25) is 9.78 Å². The predicted octanol–water partition coefficient (Wildman–Crippen LogP) is 3.05. The van der Waals surface area contributed by atoms with E-state index in [1.54, 1.807) is 6.20 Å². The summed E-state index contributed by atoms with van der Waals surface area (Å²) in [5, 5.41) is 2.98. The quantitative estimate of drug-likeness (QED) is 0.905. The van der Waals surface area contributed by atoms with E-state index in [2.05, 4.69) is 10.3 Å². The molecule has 1 amide bonds. The van der Waals surface area contributed by atoms with Crippen molar-refractivity contribution in [3.63, 3.8) is 0 Å². The highest BCUT2D eigenvalue weighted by molar-refractivity contribution is 5.87.